The molecular weight excluding hydrogens is 302 g/mol. The lowest BCUT2D eigenvalue weighted by atomic mass is 10.1. The Bertz CT molecular complexity index is 833. The second kappa shape index (κ2) is 6.20. The SMILES string of the molecule is O=C(NC[C@@H]1Cc2ccccc2O1)c1cnn(-c2ccccc2)c1. The van der Waals surface area contributed by atoms with E-state index < -0.39 is 0 Å². The molecule has 0 saturated heterocycles. The lowest BCUT2D eigenvalue weighted by Gasteiger charge is -2.11. The molecule has 1 aliphatic heterocycles. The van der Waals surface area contributed by atoms with Crippen LogP contribution >= 0.6 is 0 Å². The minimum atomic E-state index is -0.142. The second-order valence-electron chi connectivity index (χ2n) is 5.77. The zero-order chi connectivity index (χ0) is 16.4. The lowest BCUT2D eigenvalue weighted by molar-refractivity contribution is 0.0933. The summed E-state index contributed by atoms with van der Waals surface area (Å²) in [5.74, 6) is 0.769. The number of fused-ring (bicyclic) bond motifs is 1. The van der Waals surface area contributed by atoms with E-state index in [-0.39, 0.29) is 12.0 Å². The summed E-state index contributed by atoms with van der Waals surface area (Å²) >= 11 is 0. The van der Waals surface area contributed by atoms with Crippen LogP contribution in [0.25, 0.3) is 5.69 Å². The maximum absolute atomic E-state index is 12.3. The highest BCUT2D eigenvalue weighted by Gasteiger charge is 2.23. The molecular formula is C19H17N3O2. The molecule has 1 N–H and O–H groups in total. The van der Waals surface area contributed by atoms with Gasteiger partial charge in [-0.1, -0.05) is 36.4 Å². The van der Waals surface area contributed by atoms with Crippen LogP contribution in [0.5, 0.6) is 5.75 Å². The van der Waals surface area contributed by atoms with Crippen LogP contribution in [0, 0.1) is 0 Å². The molecule has 0 bridgehead atoms. The Morgan fingerprint density at radius 1 is 1.17 bits per heavy atom. The van der Waals surface area contributed by atoms with Crippen molar-refractivity contribution in [2.75, 3.05) is 6.54 Å². The first-order valence-electron chi connectivity index (χ1n) is 7.92. The Kier molecular flexibility index (Phi) is 3.75. The quantitative estimate of drug-likeness (QED) is 0.804. The predicted octanol–water partition coefficient (Wildman–Crippen LogP) is 2.61. The highest BCUT2D eigenvalue weighted by atomic mass is 16.5. The number of carbonyl (C=O) groups excluding carboxylic acids is 1. The van der Waals surface area contributed by atoms with Crippen molar-refractivity contribution in [1.29, 1.82) is 0 Å². The van der Waals surface area contributed by atoms with Crippen molar-refractivity contribution >= 4 is 5.91 Å². The number of nitrogens with one attached hydrogen (secondary N) is 1. The molecule has 1 aliphatic rings. The van der Waals surface area contributed by atoms with Crippen LogP contribution in [0.15, 0.2) is 67.0 Å². The molecule has 1 amide bonds. The van der Waals surface area contributed by atoms with Crippen molar-refractivity contribution in [2.45, 2.75) is 12.5 Å². The number of hydrogen-bond donors (Lipinski definition) is 1. The molecule has 0 unspecified atom stereocenters. The van der Waals surface area contributed by atoms with E-state index in [2.05, 4.69) is 16.5 Å². The largest absolute Gasteiger partial charge is 0.488 e. The average Bonchev–Trinajstić information content (AvgIpc) is 3.27. The molecule has 0 saturated carbocycles. The number of carbonyl (C=O) groups is 1. The first-order chi connectivity index (χ1) is 11.8. The van der Waals surface area contributed by atoms with Crippen molar-refractivity contribution < 1.29 is 9.53 Å². The highest BCUT2D eigenvalue weighted by molar-refractivity contribution is 5.93. The van der Waals surface area contributed by atoms with E-state index in [0.29, 0.717) is 12.1 Å². The lowest BCUT2D eigenvalue weighted by Crippen LogP contribution is -2.34. The standard InChI is InChI=1S/C19H17N3O2/c23-19(15-11-21-22(13-15)16-7-2-1-3-8-16)20-12-17-10-14-6-4-5-9-18(14)24-17/h1-9,11,13,17H,10,12H2,(H,20,23)/t17-/m0/s1. The van der Waals surface area contributed by atoms with Crippen LogP contribution < -0.4 is 10.1 Å². The highest BCUT2D eigenvalue weighted by Crippen LogP contribution is 2.27. The van der Waals surface area contributed by atoms with Gasteiger partial charge in [0.05, 0.1) is 24.0 Å². The minimum absolute atomic E-state index is 0.0180. The van der Waals surface area contributed by atoms with Crippen molar-refractivity contribution in [1.82, 2.24) is 15.1 Å². The summed E-state index contributed by atoms with van der Waals surface area (Å²) in [6.07, 6.45) is 4.11. The number of benzene rings is 2. The summed E-state index contributed by atoms with van der Waals surface area (Å²) < 4.78 is 7.52. The van der Waals surface area contributed by atoms with Crippen LogP contribution in [-0.2, 0) is 6.42 Å². The number of nitrogens with zero attached hydrogens (tertiary/aromatic N) is 2. The summed E-state index contributed by atoms with van der Waals surface area (Å²) in [4.78, 5) is 12.3. The number of rotatable bonds is 4. The van der Waals surface area contributed by atoms with Gasteiger partial charge in [0.2, 0.25) is 0 Å². The maximum atomic E-state index is 12.3. The molecule has 1 atom stereocenters. The smallest absolute Gasteiger partial charge is 0.254 e. The molecule has 24 heavy (non-hydrogen) atoms. The van der Waals surface area contributed by atoms with Gasteiger partial charge in [0.1, 0.15) is 11.9 Å². The summed E-state index contributed by atoms with van der Waals surface area (Å²) in [7, 11) is 0. The molecule has 0 aliphatic carbocycles. The maximum Gasteiger partial charge on any atom is 0.254 e. The second-order valence-corrected chi connectivity index (χ2v) is 5.77. The van der Waals surface area contributed by atoms with Gasteiger partial charge in [0.15, 0.2) is 0 Å². The van der Waals surface area contributed by atoms with E-state index in [1.165, 1.54) is 5.56 Å². The summed E-state index contributed by atoms with van der Waals surface area (Å²) in [5, 5.41) is 7.17. The normalized spacial score (nSPS) is 15.6. The van der Waals surface area contributed by atoms with E-state index in [9.17, 15) is 4.79 Å². The Morgan fingerprint density at radius 2 is 1.96 bits per heavy atom. The Morgan fingerprint density at radius 3 is 2.79 bits per heavy atom. The number of aromatic nitrogens is 2. The number of amides is 1. The van der Waals surface area contributed by atoms with E-state index in [4.69, 9.17) is 4.74 Å². The number of para-hydroxylation sites is 2. The van der Waals surface area contributed by atoms with Crippen LogP contribution in [0.4, 0.5) is 0 Å². The first kappa shape index (κ1) is 14.5. The van der Waals surface area contributed by atoms with Crippen molar-refractivity contribution in [3.05, 3.63) is 78.1 Å². The van der Waals surface area contributed by atoms with Crippen LogP contribution in [0.3, 0.4) is 0 Å². The topological polar surface area (TPSA) is 56.1 Å². The molecule has 4 rings (SSSR count). The molecule has 0 spiro atoms. The van der Waals surface area contributed by atoms with Gasteiger partial charge in [-0.25, -0.2) is 4.68 Å². The number of ether oxygens (including phenoxy) is 1. The average molecular weight is 319 g/mol. The molecule has 3 aromatic rings. The van der Waals surface area contributed by atoms with Crippen LogP contribution in [0.2, 0.25) is 0 Å². The van der Waals surface area contributed by atoms with Gasteiger partial charge in [-0.3, -0.25) is 4.79 Å². The van der Waals surface area contributed by atoms with E-state index in [0.717, 1.165) is 17.9 Å². The zero-order valence-corrected chi connectivity index (χ0v) is 13.1. The van der Waals surface area contributed by atoms with Gasteiger partial charge >= 0.3 is 0 Å². The van der Waals surface area contributed by atoms with E-state index in [1.807, 2.05) is 48.5 Å². The van der Waals surface area contributed by atoms with Crippen LogP contribution in [-0.4, -0.2) is 28.3 Å². The first-order valence-corrected chi connectivity index (χ1v) is 7.92. The molecule has 5 nitrogen and oxygen atoms in total. The third kappa shape index (κ3) is 2.88. The molecule has 5 heteroatoms. The summed E-state index contributed by atoms with van der Waals surface area (Å²) in [5.41, 5.74) is 2.65. The third-order valence-electron chi connectivity index (χ3n) is 4.07. The van der Waals surface area contributed by atoms with Gasteiger partial charge in [0, 0.05) is 12.6 Å². The predicted molar refractivity (Wildman–Crippen MR) is 90.5 cm³/mol. The van der Waals surface area contributed by atoms with Crippen LogP contribution in [0.1, 0.15) is 15.9 Å². The molecule has 0 fully saturated rings. The van der Waals surface area contributed by atoms with Crippen molar-refractivity contribution in [3.63, 3.8) is 0 Å². The molecule has 120 valence electrons. The van der Waals surface area contributed by atoms with E-state index in [1.54, 1.807) is 17.1 Å². The van der Waals surface area contributed by atoms with Gasteiger partial charge in [-0.05, 0) is 23.8 Å². The van der Waals surface area contributed by atoms with Gasteiger partial charge in [0.25, 0.3) is 5.91 Å². The van der Waals surface area contributed by atoms with Gasteiger partial charge < -0.3 is 10.1 Å². The monoisotopic (exact) mass is 319 g/mol. The summed E-state index contributed by atoms with van der Waals surface area (Å²) in [6, 6.07) is 17.7. The fourth-order valence-corrected chi connectivity index (χ4v) is 2.84. The fraction of sp³-hybridized carbons (Fsp3) is 0.158. The van der Waals surface area contributed by atoms with Crippen molar-refractivity contribution in [3.8, 4) is 11.4 Å². The minimum Gasteiger partial charge on any atom is -0.488 e. The fourth-order valence-electron chi connectivity index (χ4n) is 2.84. The van der Waals surface area contributed by atoms with Crippen molar-refractivity contribution in [2.24, 2.45) is 0 Å². The number of hydrogen-bond acceptors (Lipinski definition) is 3. The molecule has 2 heterocycles. The molecule has 1 aromatic heterocycles. The van der Waals surface area contributed by atoms with Gasteiger partial charge in [-0.15, -0.1) is 0 Å². The van der Waals surface area contributed by atoms with E-state index >= 15 is 0 Å². The third-order valence-corrected chi connectivity index (χ3v) is 4.07. The Balaban J connectivity index is 1.37. The van der Waals surface area contributed by atoms with Gasteiger partial charge in [-0.2, -0.15) is 5.10 Å². The summed E-state index contributed by atoms with van der Waals surface area (Å²) in [6.45, 7) is 0.476. The zero-order valence-electron chi connectivity index (χ0n) is 13.1. The molecule has 0 radical (unpaired) electrons. The molecule has 2 aromatic carbocycles. The Hall–Kier alpha value is -3.08. The Labute approximate surface area is 139 Å².